The monoisotopic (exact) mass is 395 g/mol. The van der Waals surface area contributed by atoms with Crippen LogP contribution in [0.15, 0.2) is 34.3 Å². The lowest BCUT2D eigenvalue weighted by atomic mass is 10.0. The largest absolute Gasteiger partial charge is 0.497 e. The summed E-state index contributed by atoms with van der Waals surface area (Å²) in [5, 5.41) is 3.99. The van der Waals surface area contributed by atoms with Crippen molar-refractivity contribution in [1.29, 1.82) is 0 Å². The number of carbonyl (C=O) groups is 1. The first-order chi connectivity index (χ1) is 12.8. The highest BCUT2D eigenvalue weighted by atomic mass is 32.2. The Kier molecular flexibility index (Phi) is 5.71. The fourth-order valence-corrected chi connectivity index (χ4v) is 4.54. The second-order valence-electron chi connectivity index (χ2n) is 6.94. The molecule has 1 aromatic carbocycles. The second kappa shape index (κ2) is 7.85. The first kappa shape index (κ1) is 19.6. The van der Waals surface area contributed by atoms with Crippen molar-refractivity contribution < 1.29 is 22.8 Å². The molecule has 0 saturated carbocycles. The van der Waals surface area contributed by atoms with E-state index in [1.165, 1.54) is 23.5 Å². The molecule has 0 N–H and O–H groups in total. The van der Waals surface area contributed by atoms with Crippen LogP contribution in [0.25, 0.3) is 0 Å². The number of nitrogens with zero attached hydrogens (tertiary/aromatic N) is 3. The molecular formula is C18H25N3O5S. The minimum Gasteiger partial charge on any atom is -0.497 e. The standard InChI is InChI=1S/C18H25N3O5S/c1-13(2)16-12-17(26-19-16)18(22)20-8-10-21(11-9-20)27(23,24)15-6-4-14(25-3)5-7-15/h4-7,13,17H,8-12H2,1-3H3. The number of rotatable bonds is 5. The van der Waals surface area contributed by atoms with Crippen LogP contribution in [0.4, 0.5) is 0 Å². The topological polar surface area (TPSA) is 88.5 Å². The van der Waals surface area contributed by atoms with E-state index in [4.69, 9.17) is 9.57 Å². The highest BCUT2D eigenvalue weighted by molar-refractivity contribution is 7.89. The Balaban J connectivity index is 1.59. The van der Waals surface area contributed by atoms with Crippen LogP contribution in [0.1, 0.15) is 20.3 Å². The van der Waals surface area contributed by atoms with E-state index in [1.54, 1.807) is 17.0 Å². The maximum Gasteiger partial charge on any atom is 0.266 e. The first-order valence-corrected chi connectivity index (χ1v) is 10.4. The molecule has 1 aromatic rings. The summed E-state index contributed by atoms with van der Waals surface area (Å²) in [4.78, 5) is 19.8. The van der Waals surface area contributed by atoms with Crippen LogP contribution in [0.2, 0.25) is 0 Å². The van der Waals surface area contributed by atoms with Crippen molar-refractivity contribution in [3.05, 3.63) is 24.3 Å². The Labute approximate surface area is 159 Å². The molecule has 3 rings (SSSR count). The lowest BCUT2D eigenvalue weighted by Gasteiger charge is -2.34. The van der Waals surface area contributed by atoms with E-state index in [2.05, 4.69) is 5.16 Å². The molecule has 2 heterocycles. The van der Waals surface area contributed by atoms with Crippen LogP contribution < -0.4 is 4.74 Å². The molecule has 2 aliphatic heterocycles. The Bertz CT molecular complexity index is 812. The lowest BCUT2D eigenvalue weighted by molar-refractivity contribution is -0.143. The molecule has 9 heteroatoms. The molecule has 1 amide bonds. The minimum absolute atomic E-state index is 0.129. The number of ether oxygens (including phenoxy) is 1. The summed E-state index contributed by atoms with van der Waals surface area (Å²) in [6.45, 7) is 5.21. The van der Waals surface area contributed by atoms with Crippen molar-refractivity contribution in [3.63, 3.8) is 0 Å². The zero-order valence-electron chi connectivity index (χ0n) is 15.8. The minimum atomic E-state index is -3.59. The van der Waals surface area contributed by atoms with Gasteiger partial charge in [-0.25, -0.2) is 8.42 Å². The third-order valence-electron chi connectivity index (χ3n) is 4.88. The first-order valence-electron chi connectivity index (χ1n) is 8.98. The Hall–Kier alpha value is -2.13. The number of amides is 1. The number of hydrogen-bond acceptors (Lipinski definition) is 6. The summed E-state index contributed by atoms with van der Waals surface area (Å²) in [5.74, 6) is 0.717. The van der Waals surface area contributed by atoms with Gasteiger partial charge in [-0.3, -0.25) is 4.79 Å². The number of benzene rings is 1. The number of hydrogen-bond donors (Lipinski definition) is 0. The summed E-state index contributed by atoms with van der Waals surface area (Å²) in [6.07, 6.45) is -0.0898. The molecule has 8 nitrogen and oxygen atoms in total. The van der Waals surface area contributed by atoms with Crippen LogP contribution in [0.3, 0.4) is 0 Å². The fourth-order valence-electron chi connectivity index (χ4n) is 3.12. The molecule has 1 fully saturated rings. The molecule has 0 aromatic heterocycles. The predicted molar refractivity (Wildman–Crippen MR) is 100 cm³/mol. The molecule has 0 radical (unpaired) electrons. The van der Waals surface area contributed by atoms with Crippen LogP contribution >= 0.6 is 0 Å². The lowest BCUT2D eigenvalue weighted by Crippen LogP contribution is -2.52. The normalized spacial score (nSPS) is 21.1. The Morgan fingerprint density at radius 3 is 2.33 bits per heavy atom. The molecule has 27 heavy (non-hydrogen) atoms. The van der Waals surface area contributed by atoms with Gasteiger partial charge >= 0.3 is 0 Å². The Morgan fingerprint density at radius 2 is 1.81 bits per heavy atom. The van der Waals surface area contributed by atoms with Crippen molar-refractivity contribution in [3.8, 4) is 5.75 Å². The molecule has 1 unspecified atom stereocenters. The van der Waals surface area contributed by atoms with Gasteiger partial charge in [0.1, 0.15) is 5.75 Å². The van der Waals surface area contributed by atoms with Crippen LogP contribution in [-0.4, -0.2) is 68.6 Å². The summed E-state index contributed by atoms with van der Waals surface area (Å²) >= 11 is 0. The highest BCUT2D eigenvalue weighted by Gasteiger charge is 2.36. The van der Waals surface area contributed by atoms with E-state index in [9.17, 15) is 13.2 Å². The zero-order valence-corrected chi connectivity index (χ0v) is 16.6. The van der Waals surface area contributed by atoms with Gasteiger partial charge in [-0.2, -0.15) is 4.31 Å². The van der Waals surface area contributed by atoms with Gasteiger partial charge in [-0.1, -0.05) is 19.0 Å². The molecule has 0 spiro atoms. The number of piperazine rings is 1. The van der Waals surface area contributed by atoms with Gasteiger partial charge in [0.15, 0.2) is 0 Å². The Morgan fingerprint density at radius 1 is 1.19 bits per heavy atom. The van der Waals surface area contributed by atoms with Crippen LogP contribution in [0, 0.1) is 5.92 Å². The van der Waals surface area contributed by atoms with Gasteiger partial charge in [0, 0.05) is 32.6 Å². The van der Waals surface area contributed by atoms with E-state index in [-0.39, 0.29) is 29.8 Å². The summed E-state index contributed by atoms with van der Waals surface area (Å²) in [6, 6.07) is 6.30. The maximum atomic E-state index is 12.8. The van der Waals surface area contributed by atoms with E-state index in [1.807, 2.05) is 13.8 Å². The number of carbonyl (C=O) groups excluding carboxylic acids is 1. The van der Waals surface area contributed by atoms with Gasteiger partial charge in [0.25, 0.3) is 5.91 Å². The smallest absolute Gasteiger partial charge is 0.266 e. The van der Waals surface area contributed by atoms with Crippen molar-refractivity contribution in [1.82, 2.24) is 9.21 Å². The fraction of sp³-hybridized carbons (Fsp3) is 0.556. The van der Waals surface area contributed by atoms with Gasteiger partial charge in [0.05, 0.1) is 17.7 Å². The van der Waals surface area contributed by atoms with E-state index < -0.39 is 16.1 Å². The average Bonchev–Trinajstić information content (AvgIpc) is 3.18. The second-order valence-corrected chi connectivity index (χ2v) is 8.88. The summed E-state index contributed by atoms with van der Waals surface area (Å²) in [7, 11) is -2.06. The molecule has 2 aliphatic rings. The SMILES string of the molecule is COc1ccc(S(=O)(=O)N2CCN(C(=O)C3CC(C(C)C)=NO3)CC2)cc1. The van der Waals surface area contributed by atoms with E-state index in [0.29, 0.717) is 25.3 Å². The number of sulfonamides is 1. The quantitative estimate of drug-likeness (QED) is 0.750. The number of methoxy groups -OCH3 is 1. The third-order valence-corrected chi connectivity index (χ3v) is 6.79. The van der Waals surface area contributed by atoms with Gasteiger partial charge in [0.2, 0.25) is 16.1 Å². The molecule has 148 valence electrons. The highest BCUT2D eigenvalue weighted by Crippen LogP contribution is 2.22. The molecular weight excluding hydrogens is 370 g/mol. The molecule has 0 aliphatic carbocycles. The third kappa shape index (κ3) is 4.08. The number of oxime groups is 1. The van der Waals surface area contributed by atoms with Gasteiger partial charge < -0.3 is 14.5 Å². The molecule has 1 atom stereocenters. The van der Waals surface area contributed by atoms with Gasteiger partial charge in [-0.05, 0) is 30.2 Å². The molecule has 0 bridgehead atoms. The molecule has 1 saturated heterocycles. The van der Waals surface area contributed by atoms with E-state index >= 15 is 0 Å². The van der Waals surface area contributed by atoms with Crippen molar-refractivity contribution in [2.45, 2.75) is 31.3 Å². The predicted octanol–water partition coefficient (Wildman–Crippen LogP) is 1.33. The van der Waals surface area contributed by atoms with Crippen molar-refractivity contribution in [2.24, 2.45) is 11.1 Å². The van der Waals surface area contributed by atoms with Crippen LogP contribution in [0.5, 0.6) is 5.75 Å². The van der Waals surface area contributed by atoms with Crippen LogP contribution in [-0.2, 0) is 19.7 Å². The summed E-state index contributed by atoms with van der Waals surface area (Å²) < 4.78 is 32.0. The van der Waals surface area contributed by atoms with Crippen molar-refractivity contribution >= 4 is 21.6 Å². The summed E-state index contributed by atoms with van der Waals surface area (Å²) in [5.41, 5.74) is 0.883. The zero-order chi connectivity index (χ0) is 19.6. The van der Waals surface area contributed by atoms with Crippen molar-refractivity contribution in [2.75, 3.05) is 33.3 Å². The average molecular weight is 395 g/mol. The maximum absolute atomic E-state index is 12.8. The van der Waals surface area contributed by atoms with Gasteiger partial charge in [-0.15, -0.1) is 0 Å². The van der Waals surface area contributed by atoms with E-state index in [0.717, 1.165) is 5.71 Å².